The first-order valence-electron chi connectivity index (χ1n) is 8.66. The molecule has 0 radical (unpaired) electrons. The molecule has 0 fully saturated rings. The minimum Gasteiger partial charge on any atom is -0.497 e. The number of ether oxygens (including phenoxy) is 1. The number of hydrogen-bond donors (Lipinski definition) is 1. The summed E-state index contributed by atoms with van der Waals surface area (Å²) in [4.78, 5) is 11.1. The van der Waals surface area contributed by atoms with Crippen LogP contribution in [0.2, 0.25) is 0 Å². The summed E-state index contributed by atoms with van der Waals surface area (Å²) in [5.41, 5.74) is 4.16. The maximum Gasteiger partial charge on any atom is 0.216 e. The highest BCUT2D eigenvalue weighted by molar-refractivity contribution is 5.72. The van der Waals surface area contributed by atoms with Crippen molar-refractivity contribution in [1.82, 2.24) is 5.32 Å². The maximum atomic E-state index is 11.1. The van der Waals surface area contributed by atoms with Gasteiger partial charge in [-0.05, 0) is 54.0 Å². The Hall–Kier alpha value is -2.29. The summed E-state index contributed by atoms with van der Waals surface area (Å²) >= 11 is 0. The van der Waals surface area contributed by atoms with Crippen LogP contribution >= 0.6 is 0 Å². The molecular weight excluding hydrogens is 298 g/mol. The highest BCUT2D eigenvalue weighted by Crippen LogP contribution is 2.44. The number of fused-ring (bicyclic) bond motifs is 1. The summed E-state index contributed by atoms with van der Waals surface area (Å²) < 4.78 is 5.44. The SMILES string of the molecule is COc1ccc2c(c1)C(CCNC(C)=O)CCC2c1ccccc1. The molecule has 3 rings (SSSR count). The van der Waals surface area contributed by atoms with Crippen molar-refractivity contribution in [2.75, 3.05) is 13.7 Å². The topological polar surface area (TPSA) is 38.3 Å². The second-order valence-electron chi connectivity index (χ2n) is 6.50. The van der Waals surface area contributed by atoms with Gasteiger partial charge in [0.15, 0.2) is 0 Å². The van der Waals surface area contributed by atoms with Gasteiger partial charge in [-0.25, -0.2) is 0 Å². The van der Waals surface area contributed by atoms with E-state index in [4.69, 9.17) is 4.74 Å². The molecule has 126 valence electrons. The zero-order chi connectivity index (χ0) is 16.9. The largest absolute Gasteiger partial charge is 0.497 e. The molecule has 2 aromatic rings. The minimum absolute atomic E-state index is 0.0406. The zero-order valence-electron chi connectivity index (χ0n) is 14.4. The highest BCUT2D eigenvalue weighted by Gasteiger charge is 2.28. The van der Waals surface area contributed by atoms with Gasteiger partial charge in [0.2, 0.25) is 5.91 Å². The molecule has 0 aliphatic heterocycles. The summed E-state index contributed by atoms with van der Waals surface area (Å²) in [5.74, 6) is 1.87. The van der Waals surface area contributed by atoms with Crippen molar-refractivity contribution in [2.24, 2.45) is 0 Å². The van der Waals surface area contributed by atoms with Gasteiger partial charge in [0.25, 0.3) is 0 Å². The standard InChI is InChI=1S/C21H25NO2/c1-15(23)22-13-12-17-8-10-19(16-6-4-3-5-7-16)20-11-9-18(24-2)14-21(17)20/h3-7,9,11,14,17,19H,8,10,12-13H2,1-2H3,(H,22,23). The fourth-order valence-electron chi connectivity index (χ4n) is 3.78. The van der Waals surface area contributed by atoms with E-state index < -0.39 is 0 Å². The summed E-state index contributed by atoms with van der Waals surface area (Å²) in [5, 5.41) is 2.92. The molecule has 1 aliphatic rings. The molecule has 1 amide bonds. The number of rotatable bonds is 5. The maximum absolute atomic E-state index is 11.1. The van der Waals surface area contributed by atoms with Crippen molar-refractivity contribution < 1.29 is 9.53 Å². The molecule has 0 saturated carbocycles. The van der Waals surface area contributed by atoms with Gasteiger partial charge in [-0.15, -0.1) is 0 Å². The molecule has 0 saturated heterocycles. The molecule has 0 heterocycles. The van der Waals surface area contributed by atoms with Gasteiger partial charge < -0.3 is 10.1 Å². The molecule has 0 aromatic heterocycles. The molecule has 0 spiro atoms. The van der Waals surface area contributed by atoms with Gasteiger partial charge in [0.05, 0.1) is 7.11 Å². The summed E-state index contributed by atoms with van der Waals surface area (Å²) in [6, 6.07) is 17.2. The van der Waals surface area contributed by atoms with E-state index in [2.05, 4.69) is 53.8 Å². The first-order chi connectivity index (χ1) is 11.7. The molecule has 2 atom stereocenters. The monoisotopic (exact) mass is 323 g/mol. The number of methoxy groups -OCH3 is 1. The normalized spacial score (nSPS) is 19.4. The van der Waals surface area contributed by atoms with Gasteiger partial charge >= 0.3 is 0 Å². The second kappa shape index (κ2) is 7.52. The van der Waals surface area contributed by atoms with E-state index in [-0.39, 0.29) is 5.91 Å². The summed E-state index contributed by atoms with van der Waals surface area (Å²) in [7, 11) is 1.71. The van der Waals surface area contributed by atoms with Gasteiger partial charge in [0.1, 0.15) is 5.75 Å². The van der Waals surface area contributed by atoms with Crippen LogP contribution in [0.5, 0.6) is 5.75 Å². The van der Waals surface area contributed by atoms with E-state index in [1.807, 2.05) is 0 Å². The van der Waals surface area contributed by atoms with Crippen LogP contribution in [0.15, 0.2) is 48.5 Å². The Balaban J connectivity index is 1.89. The third-order valence-electron chi connectivity index (χ3n) is 4.98. The Labute approximate surface area is 144 Å². The lowest BCUT2D eigenvalue weighted by Gasteiger charge is -2.32. The van der Waals surface area contributed by atoms with Crippen LogP contribution in [0, 0.1) is 0 Å². The molecule has 24 heavy (non-hydrogen) atoms. The average Bonchev–Trinajstić information content (AvgIpc) is 2.61. The summed E-state index contributed by atoms with van der Waals surface area (Å²) in [6.07, 6.45) is 3.26. The quantitative estimate of drug-likeness (QED) is 0.894. The number of amides is 1. The van der Waals surface area contributed by atoms with Crippen LogP contribution in [0.3, 0.4) is 0 Å². The van der Waals surface area contributed by atoms with E-state index in [1.165, 1.54) is 16.7 Å². The van der Waals surface area contributed by atoms with Crippen LogP contribution in [0.25, 0.3) is 0 Å². The van der Waals surface area contributed by atoms with Crippen LogP contribution in [-0.2, 0) is 4.79 Å². The fourth-order valence-corrected chi connectivity index (χ4v) is 3.78. The van der Waals surface area contributed by atoms with Crippen molar-refractivity contribution in [1.29, 1.82) is 0 Å². The Morgan fingerprint density at radius 2 is 1.92 bits per heavy atom. The number of carbonyl (C=O) groups excluding carboxylic acids is 1. The minimum atomic E-state index is 0.0406. The van der Waals surface area contributed by atoms with Crippen molar-refractivity contribution in [3.63, 3.8) is 0 Å². The number of carbonyl (C=O) groups is 1. The van der Waals surface area contributed by atoms with Gasteiger partial charge in [-0.2, -0.15) is 0 Å². The molecule has 2 aromatic carbocycles. The Morgan fingerprint density at radius 3 is 2.62 bits per heavy atom. The molecule has 1 aliphatic carbocycles. The Morgan fingerprint density at radius 1 is 1.12 bits per heavy atom. The number of hydrogen-bond acceptors (Lipinski definition) is 2. The molecule has 2 unspecified atom stereocenters. The molecule has 1 N–H and O–H groups in total. The van der Waals surface area contributed by atoms with Crippen LogP contribution < -0.4 is 10.1 Å². The molecular formula is C21H25NO2. The molecule has 3 heteroatoms. The lowest BCUT2D eigenvalue weighted by atomic mass is 9.73. The predicted molar refractivity (Wildman–Crippen MR) is 96.6 cm³/mol. The van der Waals surface area contributed by atoms with E-state index in [1.54, 1.807) is 14.0 Å². The first-order valence-corrected chi connectivity index (χ1v) is 8.66. The first kappa shape index (κ1) is 16.6. The Kier molecular flexibility index (Phi) is 5.19. The van der Waals surface area contributed by atoms with Gasteiger partial charge in [0, 0.05) is 19.4 Å². The lowest BCUT2D eigenvalue weighted by Crippen LogP contribution is -2.24. The average molecular weight is 323 g/mol. The third kappa shape index (κ3) is 3.61. The Bertz CT molecular complexity index is 696. The second-order valence-corrected chi connectivity index (χ2v) is 6.50. The van der Waals surface area contributed by atoms with Crippen molar-refractivity contribution in [2.45, 2.75) is 38.0 Å². The predicted octanol–water partition coefficient (Wildman–Crippen LogP) is 4.23. The highest BCUT2D eigenvalue weighted by atomic mass is 16.5. The summed E-state index contributed by atoms with van der Waals surface area (Å²) in [6.45, 7) is 2.30. The van der Waals surface area contributed by atoms with E-state index >= 15 is 0 Å². The zero-order valence-corrected chi connectivity index (χ0v) is 14.4. The van der Waals surface area contributed by atoms with Crippen molar-refractivity contribution in [3.8, 4) is 5.75 Å². The number of benzene rings is 2. The van der Waals surface area contributed by atoms with Crippen molar-refractivity contribution in [3.05, 3.63) is 65.2 Å². The lowest BCUT2D eigenvalue weighted by molar-refractivity contribution is -0.118. The van der Waals surface area contributed by atoms with Crippen molar-refractivity contribution >= 4 is 5.91 Å². The van der Waals surface area contributed by atoms with E-state index in [0.29, 0.717) is 11.8 Å². The molecule has 0 bridgehead atoms. The van der Waals surface area contributed by atoms with E-state index in [9.17, 15) is 4.79 Å². The van der Waals surface area contributed by atoms with E-state index in [0.717, 1.165) is 31.6 Å². The fraction of sp³-hybridized carbons (Fsp3) is 0.381. The van der Waals surface area contributed by atoms with Crippen LogP contribution in [0.1, 0.15) is 54.7 Å². The van der Waals surface area contributed by atoms with Gasteiger partial charge in [-0.1, -0.05) is 36.4 Å². The number of nitrogens with one attached hydrogen (secondary N) is 1. The van der Waals surface area contributed by atoms with Crippen LogP contribution in [0.4, 0.5) is 0 Å². The third-order valence-corrected chi connectivity index (χ3v) is 4.98. The van der Waals surface area contributed by atoms with Crippen LogP contribution in [-0.4, -0.2) is 19.6 Å². The molecule has 3 nitrogen and oxygen atoms in total. The smallest absolute Gasteiger partial charge is 0.216 e. The van der Waals surface area contributed by atoms with Gasteiger partial charge in [-0.3, -0.25) is 4.79 Å².